The van der Waals surface area contributed by atoms with Gasteiger partial charge in [0.1, 0.15) is 0 Å². The van der Waals surface area contributed by atoms with Crippen molar-refractivity contribution in [3.05, 3.63) is 151 Å². The van der Waals surface area contributed by atoms with Crippen LogP contribution in [-0.4, -0.2) is 0 Å². The molecule has 0 amide bonds. The van der Waals surface area contributed by atoms with E-state index in [1.54, 1.807) is 11.1 Å². The number of benzene rings is 6. The fourth-order valence-electron chi connectivity index (χ4n) is 10.6. The first-order valence-corrected chi connectivity index (χ1v) is 16.9. The van der Waals surface area contributed by atoms with Gasteiger partial charge in [-0.2, -0.15) is 0 Å². The van der Waals surface area contributed by atoms with Crippen molar-refractivity contribution in [3.63, 3.8) is 0 Å². The molecule has 1 nitrogen and oxygen atoms in total. The lowest BCUT2D eigenvalue weighted by molar-refractivity contribution is -0.0399. The third kappa shape index (κ3) is 3.67. The molecule has 0 heterocycles. The van der Waals surface area contributed by atoms with Gasteiger partial charge in [0.05, 0.1) is 5.69 Å². The first kappa shape index (κ1) is 25.7. The van der Waals surface area contributed by atoms with E-state index < -0.39 is 0 Å². The van der Waals surface area contributed by atoms with Gasteiger partial charge in [-0.3, -0.25) is 0 Å². The van der Waals surface area contributed by atoms with Crippen LogP contribution in [0.1, 0.15) is 43.2 Å². The van der Waals surface area contributed by atoms with E-state index in [4.69, 9.17) is 0 Å². The van der Waals surface area contributed by atoms with E-state index in [9.17, 15) is 0 Å². The molecular formula is C44H37N. The second-order valence-corrected chi connectivity index (χ2v) is 14.2. The van der Waals surface area contributed by atoms with Crippen molar-refractivity contribution >= 4 is 27.8 Å². The summed E-state index contributed by atoms with van der Waals surface area (Å²) in [6.07, 6.45) is 7.14. The maximum Gasteiger partial charge on any atom is 0.0540 e. The molecule has 0 unspecified atom stereocenters. The van der Waals surface area contributed by atoms with Crippen LogP contribution >= 0.6 is 0 Å². The summed E-state index contributed by atoms with van der Waals surface area (Å²) < 4.78 is 0. The average molecular weight is 580 g/mol. The van der Waals surface area contributed by atoms with Crippen molar-refractivity contribution in [1.29, 1.82) is 0 Å². The van der Waals surface area contributed by atoms with Crippen LogP contribution in [0.15, 0.2) is 140 Å². The Labute approximate surface area is 266 Å². The van der Waals surface area contributed by atoms with E-state index in [-0.39, 0.29) is 5.41 Å². The van der Waals surface area contributed by atoms with E-state index in [1.165, 1.54) is 82.2 Å². The second kappa shape index (κ2) is 9.69. The van der Waals surface area contributed by atoms with Gasteiger partial charge >= 0.3 is 0 Å². The summed E-state index contributed by atoms with van der Waals surface area (Å²) in [6.45, 7) is 0. The number of rotatable bonds is 4. The normalized spacial score (nSPS) is 25.4. The monoisotopic (exact) mass is 579 g/mol. The largest absolute Gasteiger partial charge is 0.310 e. The van der Waals surface area contributed by atoms with E-state index in [2.05, 4.69) is 144 Å². The molecule has 5 aliphatic rings. The van der Waals surface area contributed by atoms with Crippen molar-refractivity contribution < 1.29 is 0 Å². The summed E-state index contributed by atoms with van der Waals surface area (Å²) in [7, 11) is 0. The molecule has 4 fully saturated rings. The molecule has 0 atom stereocenters. The highest BCUT2D eigenvalue weighted by Gasteiger charge is 2.61. The fourth-order valence-corrected chi connectivity index (χ4v) is 10.6. The highest BCUT2D eigenvalue weighted by atomic mass is 15.1. The van der Waals surface area contributed by atoms with E-state index in [0.717, 1.165) is 23.7 Å². The number of nitrogens with zero attached hydrogens (tertiary/aromatic N) is 1. The van der Waals surface area contributed by atoms with Crippen LogP contribution in [0, 0.1) is 23.7 Å². The van der Waals surface area contributed by atoms with E-state index in [1.807, 2.05) is 0 Å². The lowest BCUT2D eigenvalue weighted by atomic mass is 9.43. The smallest absolute Gasteiger partial charge is 0.0540 e. The van der Waals surface area contributed by atoms with Crippen LogP contribution in [0.25, 0.3) is 33.0 Å². The number of anilines is 3. The molecule has 218 valence electrons. The Bertz CT molecular complexity index is 2060. The van der Waals surface area contributed by atoms with Gasteiger partial charge in [-0.15, -0.1) is 0 Å². The molecular weight excluding hydrogens is 542 g/mol. The summed E-state index contributed by atoms with van der Waals surface area (Å²) in [4.78, 5) is 2.50. The summed E-state index contributed by atoms with van der Waals surface area (Å²) in [5.41, 5.74) is 12.4. The minimum Gasteiger partial charge on any atom is -0.310 e. The quantitative estimate of drug-likeness (QED) is 0.201. The molecule has 0 saturated heterocycles. The summed E-state index contributed by atoms with van der Waals surface area (Å²) in [6, 6.07) is 52.3. The Kier molecular flexibility index (Phi) is 5.53. The van der Waals surface area contributed by atoms with Crippen molar-refractivity contribution in [3.8, 4) is 22.3 Å². The molecule has 0 N–H and O–H groups in total. The van der Waals surface area contributed by atoms with Gasteiger partial charge in [0.15, 0.2) is 0 Å². The van der Waals surface area contributed by atoms with Gasteiger partial charge in [-0.25, -0.2) is 0 Å². The minimum absolute atomic E-state index is 0.190. The van der Waals surface area contributed by atoms with Crippen molar-refractivity contribution in [1.82, 2.24) is 0 Å². The number of hydrogen-bond donors (Lipinski definition) is 0. The van der Waals surface area contributed by atoms with Gasteiger partial charge in [0, 0.05) is 22.2 Å². The van der Waals surface area contributed by atoms with Gasteiger partial charge in [-0.1, -0.05) is 109 Å². The zero-order chi connectivity index (χ0) is 29.5. The van der Waals surface area contributed by atoms with E-state index in [0.29, 0.717) is 0 Å². The molecule has 11 rings (SSSR count). The van der Waals surface area contributed by atoms with E-state index >= 15 is 0 Å². The Hall–Kier alpha value is -4.62. The number of fused-ring (bicyclic) bond motifs is 4. The molecule has 1 spiro atoms. The van der Waals surface area contributed by atoms with Crippen molar-refractivity contribution in [2.75, 3.05) is 4.90 Å². The summed E-state index contributed by atoms with van der Waals surface area (Å²) in [5.74, 6) is 3.46. The average Bonchev–Trinajstić information content (AvgIpc) is 3.38. The van der Waals surface area contributed by atoms with Gasteiger partial charge < -0.3 is 4.90 Å². The molecule has 1 heteroatoms. The molecule has 0 aliphatic heterocycles. The summed E-state index contributed by atoms with van der Waals surface area (Å²) >= 11 is 0. The van der Waals surface area contributed by atoms with Crippen LogP contribution in [0.3, 0.4) is 0 Å². The second-order valence-electron chi connectivity index (χ2n) is 14.2. The molecule has 6 aromatic carbocycles. The molecule has 45 heavy (non-hydrogen) atoms. The van der Waals surface area contributed by atoms with Crippen LogP contribution in [0.5, 0.6) is 0 Å². The Morgan fingerprint density at radius 2 is 1.11 bits per heavy atom. The molecule has 4 bridgehead atoms. The molecule has 0 radical (unpaired) electrons. The van der Waals surface area contributed by atoms with Crippen molar-refractivity contribution in [2.24, 2.45) is 23.7 Å². The van der Waals surface area contributed by atoms with Crippen molar-refractivity contribution in [2.45, 2.75) is 37.5 Å². The van der Waals surface area contributed by atoms with Crippen LogP contribution in [0.2, 0.25) is 0 Å². The summed E-state index contributed by atoms with van der Waals surface area (Å²) in [5, 5.41) is 2.53. The third-order valence-electron chi connectivity index (χ3n) is 12.0. The lowest BCUT2D eigenvalue weighted by Gasteiger charge is -2.61. The maximum atomic E-state index is 2.55. The van der Waals surface area contributed by atoms with Gasteiger partial charge in [-0.05, 0) is 125 Å². The highest BCUT2D eigenvalue weighted by molar-refractivity contribution is 6.00. The minimum atomic E-state index is 0.190. The maximum absolute atomic E-state index is 2.55. The zero-order valence-corrected chi connectivity index (χ0v) is 25.6. The standard InChI is InChI=1S/C44H37N/c1-2-10-31(11-3-1)33-14-8-15-36(27-33)45(43-19-9-13-32-12-4-5-16-38(32)43)37-20-21-42-40(28-37)39-17-6-7-18-41(39)44(42)34-23-29-22-30(25-34)26-35(44)24-29/h1-21,27-30,34-35H,22-26H2. The molecule has 6 aromatic rings. The Morgan fingerprint density at radius 3 is 1.96 bits per heavy atom. The predicted molar refractivity (Wildman–Crippen MR) is 187 cm³/mol. The SMILES string of the molecule is c1ccc(-c2cccc(N(c3ccc4c(c3)-c3ccccc3C43C4CC5CC(C4)CC3C5)c3cccc4ccccc34)c2)cc1. The topological polar surface area (TPSA) is 3.24 Å². The Balaban J connectivity index is 1.19. The molecule has 5 aliphatic carbocycles. The van der Waals surface area contributed by atoms with Crippen LogP contribution in [-0.2, 0) is 5.41 Å². The first-order valence-electron chi connectivity index (χ1n) is 16.9. The highest BCUT2D eigenvalue weighted by Crippen LogP contribution is 2.69. The zero-order valence-electron chi connectivity index (χ0n) is 25.6. The van der Waals surface area contributed by atoms with Gasteiger partial charge in [0.2, 0.25) is 0 Å². The fraction of sp³-hybridized carbons (Fsp3) is 0.227. The third-order valence-corrected chi connectivity index (χ3v) is 12.0. The molecule has 0 aromatic heterocycles. The van der Waals surface area contributed by atoms with Crippen LogP contribution in [0.4, 0.5) is 17.1 Å². The molecule has 4 saturated carbocycles. The first-order chi connectivity index (χ1) is 22.3. The predicted octanol–water partition coefficient (Wildman–Crippen LogP) is 11.7. The number of hydrogen-bond acceptors (Lipinski definition) is 1. The Morgan fingerprint density at radius 1 is 0.467 bits per heavy atom. The lowest BCUT2D eigenvalue weighted by Crippen LogP contribution is -2.55. The van der Waals surface area contributed by atoms with Gasteiger partial charge in [0.25, 0.3) is 0 Å². The van der Waals surface area contributed by atoms with Crippen LogP contribution < -0.4 is 4.90 Å².